The number of benzene rings is 1. The molecule has 0 aromatic heterocycles. The molecule has 2 atom stereocenters. The van der Waals surface area contributed by atoms with Gasteiger partial charge in [0.15, 0.2) is 6.10 Å². The lowest BCUT2D eigenvalue weighted by Gasteiger charge is -2.12. The third kappa shape index (κ3) is 4.71. The van der Waals surface area contributed by atoms with Crippen molar-refractivity contribution in [3.63, 3.8) is 0 Å². The van der Waals surface area contributed by atoms with Crippen molar-refractivity contribution >= 4 is 23.6 Å². The molecule has 1 aliphatic heterocycles. The second-order valence-corrected chi connectivity index (χ2v) is 5.70. The van der Waals surface area contributed by atoms with E-state index in [0.717, 1.165) is 11.8 Å². The number of nitrogens with one attached hydrogen (secondary N) is 1. The number of halogens is 1. The zero-order chi connectivity index (χ0) is 15.2. The molecule has 1 aromatic rings. The van der Waals surface area contributed by atoms with Gasteiger partial charge in [0.25, 0.3) is 0 Å². The first kappa shape index (κ1) is 15.8. The Morgan fingerprint density at radius 3 is 2.81 bits per heavy atom. The SMILES string of the molecule is O=C(CSc1ccccc1F)NCC1CCC(C(=O)O)O1. The van der Waals surface area contributed by atoms with Crippen LogP contribution in [-0.2, 0) is 14.3 Å². The molecule has 1 amide bonds. The first-order valence-corrected chi connectivity index (χ1v) is 7.57. The van der Waals surface area contributed by atoms with E-state index in [-0.39, 0.29) is 30.1 Å². The van der Waals surface area contributed by atoms with Gasteiger partial charge in [-0.3, -0.25) is 4.79 Å². The van der Waals surface area contributed by atoms with E-state index in [9.17, 15) is 14.0 Å². The Balaban J connectivity index is 1.69. The Kier molecular flexibility index (Phi) is 5.58. The Labute approximate surface area is 125 Å². The molecule has 5 nitrogen and oxygen atoms in total. The molecule has 2 unspecified atom stereocenters. The minimum atomic E-state index is -0.973. The molecule has 2 N–H and O–H groups in total. The highest BCUT2D eigenvalue weighted by atomic mass is 32.2. The molecule has 1 saturated heterocycles. The Morgan fingerprint density at radius 1 is 1.38 bits per heavy atom. The Hall–Kier alpha value is -1.60. The average molecular weight is 313 g/mol. The van der Waals surface area contributed by atoms with Crippen molar-refractivity contribution in [3.05, 3.63) is 30.1 Å². The van der Waals surface area contributed by atoms with E-state index in [4.69, 9.17) is 9.84 Å². The molecule has 1 heterocycles. The highest BCUT2D eigenvalue weighted by molar-refractivity contribution is 8.00. The van der Waals surface area contributed by atoms with E-state index in [0.29, 0.717) is 17.7 Å². The minimum Gasteiger partial charge on any atom is -0.479 e. The molecule has 0 saturated carbocycles. The zero-order valence-corrected chi connectivity index (χ0v) is 12.1. The van der Waals surface area contributed by atoms with Gasteiger partial charge in [0.2, 0.25) is 5.91 Å². The predicted octanol–water partition coefficient (Wildman–Crippen LogP) is 1.67. The quantitative estimate of drug-likeness (QED) is 0.781. The number of amides is 1. The molecule has 0 radical (unpaired) electrons. The number of hydrogen-bond donors (Lipinski definition) is 2. The first-order chi connectivity index (χ1) is 10.1. The van der Waals surface area contributed by atoms with Crippen molar-refractivity contribution in [1.29, 1.82) is 0 Å². The molecule has 0 aliphatic carbocycles. The fourth-order valence-corrected chi connectivity index (χ4v) is 2.79. The molecule has 1 aromatic carbocycles. The number of carboxylic acid groups (broad SMARTS) is 1. The lowest BCUT2D eigenvalue weighted by molar-refractivity contribution is -0.149. The van der Waals surface area contributed by atoms with Gasteiger partial charge in [-0.05, 0) is 25.0 Å². The lowest BCUT2D eigenvalue weighted by atomic mass is 10.2. The lowest BCUT2D eigenvalue weighted by Crippen LogP contribution is -2.34. The Morgan fingerprint density at radius 2 is 2.14 bits per heavy atom. The summed E-state index contributed by atoms with van der Waals surface area (Å²) < 4.78 is 18.6. The van der Waals surface area contributed by atoms with Gasteiger partial charge in [0.05, 0.1) is 11.9 Å². The average Bonchev–Trinajstić information content (AvgIpc) is 2.93. The third-order valence-electron chi connectivity index (χ3n) is 3.11. The van der Waals surface area contributed by atoms with E-state index in [1.54, 1.807) is 18.2 Å². The van der Waals surface area contributed by atoms with Crippen LogP contribution in [-0.4, -0.2) is 41.5 Å². The van der Waals surface area contributed by atoms with Gasteiger partial charge in [0, 0.05) is 11.4 Å². The summed E-state index contributed by atoms with van der Waals surface area (Å²) in [6.07, 6.45) is 0.0191. The molecule has 21 heavy (non-hydrogen) atoms. The van der Waals surface area contributed by atoms with Gasteiger partial charge >= 0.3 is 5.97 Å². The summed E-state index contributed by atoms with van der Waals surface area (Å²) in [4.78, 5) is 22.8. The van der Waals surface area contributed by atoms with E-state index < -0.39 is 12.1 Å². The van der Waals surface area contributed by atoms with Crippen LogP contribution in [0.4, 0.5) is 4.39 Å². The van der Waals surface area contributed by atoms with Crippen LogP contribution in [0, 0.1) is 5.82 Å². The number of thioether (sulfide) groups is 1. The normalized spacial score (nSPS) is 21.2. The third-order valence-corrected chi connectivity index (χ3v) is 4.15. The maximum Gasteiger partial charge on any atom is 0.332 e. The molecule has 1 aliphatic rings. The molecule has 0 spiro atoms. The minimum absolute atomic E-state index is 0.107. The van der Waals surface area contributed by atoms with Crippen LogP contribution >= 0.6 is 11.8 Å². The van der Waals surface area contributed by atoms with Crippen LogP contribution in [0.5, 0.6) is 0 Å². The summed E-state index contributed by atoms with van der Waals surface area (Å²) >= 11 is 1.12. The van der Waals surface area contributed by atoms with Crippen LogP contribution in [0.15, 0.2) is 29.2 Å². The largest absolute Gasteiger partial charge is 0.479 e. The summed E-state index contributed by atoms with van der Waals surface area (Å²) in [6, 6.07) is 6.26. The fourth-order valence-electron chi connectivity index (χ4n) is 2.02. The molecule has 114 valence electrons. The summed E-state index contributed by atoms with van der Waals surface area (Å²) in [6.45, 7) is 0.278. The van der Waals surface area contributed by atoms with Crippen LogP contribution in [0.2, 0.25) is 0 Å². The van der Waals surface area contributed by atoms with Crippen molar-refractivity contribution in [3.8, 4) is 0 Å². The van der Waals surface area contributed by atoms with Crippen LogP contribution in [0.1, 0.15) is 12.8 Å². The van der Waals surface area contributed by atoms with Gasteiger partial charge in [0.1, 0.15) is 5.82 Å². The van der Waals surface area contributed by atoms with Gasteiger partial charge in [-0.1, -0.05) is 12.1 Å². The molecule has 7 heteroatoms. The number of rotatable bonds is 6. The standard InChI is InChI=1S/C14H16FNO4S/c15-10-3-1-2-4-12(10)21-8-13(17)16-7-9-5-6-11(20-9)14(18)19/h1-4,9,11H,5-8H2,(H,16,17)(H,18,19). The van der Waals surface area contributed by atoms with Crippen molar-refractivity contribution < 1.29 is 23.8 Å². The molecular formula is C14H16FNO4S. The van der Waals surface area contributed by atoms with E-state index in [1.807, 2.05) is 0 Å². The predicted molar refractivity (Wildman–Crippen MR) is 75.7 cm³/mol. The molecule has 1 fully saturated rings. The van der Waals surface area contributed by atoms with E-state index in [1.165, 1.54) is 6.07 Å². The number of carboxylic acids is 1. The second-order valence-electron chi connectivity index (χ2n) is 4.69. The van der Waals surface area contributed by atoms with Gasteiger partial charge in [-0.25, -0.2) is 9.18 Å². The number of hydrogen-bond acceptors (Lipinski definition) is 4. The molecule has 0 bridgehead atoms. The van der Waals surface area contributed by atoms with Crippen molar-refractivity contribution in [1.82, 2.24) is 5.32 Å². The smallest absolute Gasteiger partial charge is 0.332 e. The summed E-state index contributed by atoms with van der Waals surface area (Å²) in [5, 5.41) is 11.5. The number of aliphatic carboxylic acids is 1. The van der Waals surface area contributed by atoms with Gasteiger partial charge in [-0.15, -0.1) is 11.8 Å². The summed E-state index contributed by atoms with van der Waals surface area (Å²) in [7, 11) is 0. The van der Waals surface area contributed by atoms with Crippen LogP contribution in [0.25, 0.3) is 0 Å². The number of carbonyl (C=O) groups excluding carboxylic acids is 1. The highest BCUT2D eigenvalue weighted by Gasteiger charge is 2.30. The first-order valence-electron chi connectivity index (χ1n) is 6.58. The Bertz CT molecular complexity index is 525. The fraction of sp³-hybridized carbons (Fsp3) is 0.429. The molecule has 2 rings (SSSR count). The van der Waals surface area contributed by atoms with E-state index >= 15 is 0 Å². The number of ether oxygens (including phenoxy) is 1. The maximum atomic E-state index is 13.4. The van der Waals surface area contributed by atoms with Crippen LogP contribution < -0.4 is 5.32 Å². The van der Waals surface area contributed by atoms with Gasteiger partial charge in [-0.2, -0.15) is 0 Å². The van der Waals surface area contributed by atoms with Crippen LogP contribution in [0.3, 0.4) is 0 Å². The maximum absolute atomic E-state index is 13.4. The second kappa shape index (κ2) is 7.42. The number of carbonyl (C=O) groups is 2. The monoisotopic (exact) mass is 313 g/mol. The molecular weight excluding hydrogens is 297 g/mol. The van der Waals surface area contributed by atoms with E-state index in [2.05, 4.69) is 5.32 Å². The highest BCUT2D eigenvalue weighted by Crippen LogP contribution is 2.21. The van der Waals surface area contributed by atoms with Crippen molar-refractivity contribution in [2.45, 2.75) is 29.9 Å². The van der Waals surface area contributed by atoms with Crippen molar-refractivity contribution in [2.24, 2.45) is 0 Å². The summed E-state index contributed by atoms with van der Waals surface area (Å²) in [5.41, 5.74) is 0. The van der Waals surface area contributed by atoms with Crippen molar-refractivity contribution in [2.75, 3.05) is 12.3 Å². The topological polar surface area (TPSA) is 75.6 Å². The zero-order valence-electron chi connectivity index (χ0n) is 11.3. The summed E-state index contributed by atoms with van der Waals surface area (Å²) in [5.74, 6) is -1.45. The van der Waals surface area contributed by atoms with Gasteiger partial charge < -0.3 is 15.2 Å².